The predicted molar refractivity (Wildman–Crippen MR) is 71.8 cm³/mol. The second-order valence-electron chi connectivity index (χ2n) is 3.97. The van der Waals surface area contributed by atoms with Gasteiger partial charge in [0.2, 0.25) is 0 Å². The molecule has 1 aliphatic heterocycles. The zero-order chi connectivity index (χ0) is 13.4. The van der Waals surface area contributed by atoms with Gasteiger partial charge in [-0.25, -0.2) is 0 Å². The molecule has 1 fully saturated rings. The Labute approximate surface area is 108 Å². The van der Waals surface area contributed by atoms with E-state index in [0.29, 0.717) is 11.6 Å². The van der Waals surface area contributed by atoms with E-state index in [9.17, 15) is 4.79 Å². The van der Waals surface area contributed by atoms with Gasteiger partial charge in [0.15, 0.2) is 0 Å². The van der Waals surface area contributed by atoms with Crippen LogP contribution in [0, 0.1) is 0 Å². The zero-order valence-corrected chi connectivity index (χ0v) is 11.1. The number of hydrazine groups is 1. The van der Waals surface area contributed by atoms with E-state index < -0.39 is 0 Å². The number of aromatic nitrogens is 1. The van der Waals surface area contributed by atoms with Gasteiger partial charge in [0, 0.05) is 37.1 Å². The van der Waals surface area contributed by atoms with Crippen LogP contribution in [0.4, 0.5) is 0 Å². The lowest BCUT2D eigenvalue weighted by molar-refractivity contribution is 0.0705. The number of carbonyl (C=O) groups is 1. The minimum Gasteiger partial charge on any atom is -0.339 e. The number of likely N-dealkylation sites (tertiary alicyclic amines) is 1. The number of piperidine rings is 1. The molecule has 1 aromatic rings. The van der Waals surface area contributed by atoms with Gasteiger partial charge in [-0.2, -0.15) is 0 Å². The van der Waals surface area contributed by atoms with E-state index in [4.69, 9.17) is 5.84 Å². The molecule has 2 heterocycles. The van der Waals surface area contributed by atoms with Crippen LogP contribution in [0.1, 0.15) is 37.0 Å². The van der Waals surface area contributed by atoms with Crippen molar-refractivity contribution in [1.82, 2.24) is 15.3 Å². The van der Waals surface area contributed by atoms with Crippen molar-refractivity contribution < 1.29 is 4.79 Å². The molecule has 100 valence electrons. The lowest BCUT2D eigenvalue weighted by Gasteiger charge is -2.31. The molecule has 0 aliphatic carbocycles. The Morgan fingerprint density at radius 2 is 1.89 bits per heavy atom. The Bertz CT molecular complexity index is 347. The number of rotatable bonds is 2. The molecule has 0 aromatic carbocycles. The third kappa shape index (κ3) is 3.78. The van der Waals surface area contributed by atoms with Crippen LogP contribution in [-0.2, 0) is 0 Å². The average molecular weight is 250 g/mol. The Morgan fingerprint density at radius 3 is 2.39 bits per heavy atom. The van der Waals surface area contributed by atoms with Crippen molar-refractivity contribution in [3.63, 3.8) is 0 Å². The normalized spacial score (nSPS) is 15.8. The second kappa shape index (κ2) is 7.79. The highest BCUT2D eigenvalue weighted by Crippen LogP contribution is 2.12. The van der Waals surface area contributed by atoms with Crippen LogP contribution in [0.25, 0.3) is 0 Å². The van der Waals surface area contributed by atoms with E-state index in [1.54, 1.807) is 24.5 Å². The molecule has 0 bridgehead atoms. The van der Waals surface area contributed by atoms with Gasteiger partial charge < -0.3 is 4.90 Å². The number of hydrogen-bond acceptors (Lipinski definition) is 4. The molecule has 0 spiro atoms. The van der Waals surface area contributed by atoms with Crippen LogP contribution in [-0.4, -0.2) is 34.9 Å². The Hall–Kier alpha value is -1.46. The molecule has 1 amide bonds. The number of carbonyl (C=O) groups excluding carboxylic acids is 1. The Balaban J connectivity index is 0.000000771. The smallest absolute Gasteiger partial charge is 0.253 e. The van der Waals surface area contributed by atoms with Gasteiger partial charge >= 0.3 is 0 Å². The third-order valence-electron chi connectivity index (χ3n) is 2.95. The first-order valence-corrected chi connectivity index (χ1v) is 6.46. The van der Waals surface area contributed by atoms with Gasteiger partial charge in [0.25, 0.3) is 5.91 Å². The highest BCUT2D eigenvalue weighted by Gasteiger charge is 2.22. The molecule has 3 N–H and O–H groups in total. The first-order chi connectivity index (χ1) is 8.81. The molecular weight excluding hydrogens is 228 g/mol. The van der Waals surface area contributed by atoms with Crippen molar-refractivity contribution >= 4 is 5.91 Å². The number of nitrogens with two attached hydrogens (primary N) is 1. The summed E-state index contributed by atoms with van der Waals surface area (Å²) in [6.07, 6.45) is 5.10. The summed E-state index contributed by atoms with van der Waals surface area (Å²) < 4.78 is 0. The molecule has 1 aliphatic rings. The van der Waals surface area contributed by atoms with Crippen molar-refractivity contribution in [2.75, 3.05) is 13.1 Å². The molecule has 5 heteroatoms. The summed E-state index contributed by atoms with van der Waals surface area (Å²) >= 11 is 0. The molecule has 18 heavy (non-hydrogen) atoms. The van der Waals surface area contributed by atoms with Gasteiger partial charge in [0.1, 0.15) is 0 Å². The van der Waals surface area contributed by atoms with E-state index in [2.05, 4.69) is 10.4 Å². The van der Waals surface area contributed by atoms with Crippen molar-refractivity contribution in [2.45, 2.75) is 32.7 Å². The molecular formula is C13H22N4O. The topological polar surface area (TPSA) is 71.2 Å². The highest BCUT2D eigenvalue weighted by molar-refractivity contribution is 5.94. The largest absolute Gasteiger partial charge is 0.339 e. The quantitative estimate of drug-likeness (QED) is 0.610. The Morgan fingerprint density at radius 1 is 1.33 bits per heavy atom. The molecule has 1 saturated heterocycles. The number of nitrogens with one attached hydrogen (secondary N) is 1. The fourth-order valence-electron chi connectivity index (χ4n) is 1.93. The highest BCUT2D eigenvalue weighted by atomic mass is 16.2. The van der Waals surface area contributed by atoms with Gasteiger partial charge in [-0.1, -0.05) is 13.8 Å². The molecule has 0 unspecified atom stereocenters. The molecule has 1 aromatic heterocycles. The van der Waals surface area contributed by atoms with Crippen molar-refractivity contribution in [2.24, 2.45) is 5.84 Å². The summed E-state index contributed by atoms with van der Waals surface area (Å²) in [6.45, 7) is 5.52. The van der Waals surface area contributed by atoms with Crippen molar-refractivity contribution in [1.29, 1.82) is 0 Å². The van der Waals surface area contributed by atoms with Crippen LogP contribution in [0.2, 0.25) is 0 Å². The maximum absolute atomic E-state index is 12.0. The molecule has 5 nitrogen and oxygen atoms in total. The van der Waals surface area contributed by atoms with E-state index >= 15 is 0 Å². The number of pyridine rings is 1. The summed E-state index contributed by atoms with van der Waals surface area (Å²) in [6, 6.07) is 3.83. The van der Waals surface area contributed by atoms with Gasteiger partial charge in [0.05, 0.1) is 0 Å². The molecule has 2 rings (SSSR count). The Kier molecular flexibility index (Phi) is 6.32. The van der Waals surface area contributed by atoms with Crippen LogP contribution in [0.5, 0.6) is 0 Å². The first-order valence-electron chi connectivity index (χ1n) is 6.46. The number of hydrogen-bond donors (Lipinski definition) is 2. The zero-order valence-electron chi connectivity index (χ0n) is 11.1. The van der Waals surface area contributed by atoms with Gasteiger partial charge in [-0.05, 0) is 25.0 Å². The molecule has 0 saturated carbocycles. The minimum absolute atomic E-state index is 0.0814. The lowest BCUT2D eigenvalue weighted by Crippen LogP contribution is -2.46. The number of amides is 1. The minimum atomic E-state index is 0.0814. The van der Waals surface area contributed by atoms with Crippen LogP contribution >= 0.6 is 0 Å². The van der Waals surface area contributed by atoms with Gasteiger partial charge in [-0.15, -0.1) is 0 Å². The number of nitrogens with zero attached hydrogens (tertiary/aromatic N) is 2. The lowest BCUT2D eigenvalue weighted by atomic mass is 10.0. The summed E-state index contributed by atoms with van der Waals surface area (Å²) in [7, 11) is 0. The summed E-state index contributed by atoms with van der Waals surface area (Å²) in [5, 5.41) is 0. The average Bonchev–Trinajstić information content (AvgIpc) is 2.49. The van der Waals surface area contributed by atoms with E-state index in [0.717, 1.165) is 25.9 Å². The van der Waals surface area contributed by atoms with E-state index in [-0.39, 0.29) is 5.91 Å². The van der Waals surface area contributed by atoms with Crippen molar-refractivity contribution in [3.8, 4) is 0 Å². The SMILES string of the molecule is CC.NNC1CCN(C(=O)c2ccncc2)CC1. The van der Waals surface area contributed by atoms with Gasteiger partial charge in [-0.3, -0.25) is 21.0 Å². The monoisotopic (exact) mass is 250 g/mol. The predicted octanol–water partition coefficient (Wildman–Crippen LogP) is 1.18. The maximum atomic E-state index is 12.0. The molecule has 0 radical (unpaired) electrons. The van der Waals surface area contributed by atoms with Crippen LogP contribution in [0.15, 0.2) is 24.5 Å². The summed E-state index contributed by atoms with van der Waals surface area (Å²) in [5.41, 5.74) is 3.46. The summed E-state index contributed by atoms with van der Waals surface area (Å²) in [4.78, 5) is 17.8. The fourth-order valence-corrected chi connectivity index (χ4v) is 1.93. The first kappa shape index (κ1) is 14.6. The fraction of sp³-hybridized carbons (Fsp3) is 0.538. The maximum Gasteiger partial charge on any atom is 0.253 e. The standard InChI is InChI=1S/C11H16N4O.C2H6/c12-14-10-3-7-15(8-4-10)11(16)9-1-5-13-6-2-9;1-2/h1-2,5-6,10,14H,3-4,7-8,12H2;1-2H3. The van der Waals surface area contributed by atoms with Crippen LogP contribution < -0.4 is 11.3 Å². The van der Waals surface area contributed by atoms with Crippen molar-refractivity contribution in [3.05, 3.63) is 30.1 Å². The third-order valence-corrected chi connectivity index (χ3v) is 2.95. The van der Waals surface area contributed by atoms with E-state index in [1.807, 2.05) is 18.7 Å². The van der Waals surface area contributed by atoms with Crippen LogP contribution in [0.3, 0.4) is 0 Å². The molecule has 0 atom stereocenters. The summed E-state index contributed by atoms with van der Waals surface area (Å²) in [5.74, 6) is 5.46. The van der Waals surface area contributed by atoms with E-state index in [1.165, 1.54) is 0 Å². The second-order valence-corrected chi connectivity index (χ2v) is 3.97.